The molecule has 1 atom stereocenters. The fraction of sp³-hybridized carbons (Fsp3) is 0.235. The zero-order valence-corrected chi connectivity index (χ0v) is 15.6. The molecule has 1 aromatic carbocycles. The van der Waals surface area contributed by atoms with E-state index in [1.54, 1.807) is 24.3 Å². The van der Waals surface area contributed by atoms with Gasteiger partial charge in [-0.2, -0.15) is 0 Å². The molecule has 136 valence electrons. The van der Waals surface area contributed by atoms with E-state index in [-0.39, 0.29) is 9.77 Å². The van der Waals surface area contributed by atoms with Gasteiger partial charge in [-0.25, -0.2) is 13.2 Å². The van der Waals surface area contributed by atoms with Crippen molar-refractivity contribution >= 4 is 39.0 Å². The molecule has 0 saturated carbocycles. The van der Waals surface area contributed by atoms with Crippen molar-refractivity contribution in [2.24, 2.45) is 0 Å². The number of thiophene rings is 1. The monoisotopic (exact) mass is 393 g/mol. The summed E-state index contributed by atoms with van der Waals surface area (Å²) in [5, 5.41) is 1.48. The van der Waals surface area contributed by atoms with Crippen LogP contribution in [0.1, 0.15) is 38.6 Å². The van der Waals surface area contributed by atoms with Crippen molar-refractivity contribution in [2.45, 2.75) is 17.9 Å². The lowest BCUT2D eigenvalue weighted by atomic mass is 10.1. The average Bonchev–Trinajstić information content (AvgIpc) is 3.19. The number of benzene rings is 1. The van der Waals surface area contributed by atoms with E-state index >= 15 is 0 Å². The molecule has 0 aliphatic carbocycles. The number of methoxy groups -OCH3 is 1. The highest BCUT2D eigenvalue weighted by atomic mass is 32.2. The lowest BCUT2D eigenvalue weighted by molar-refractivity contribution is -0.127. The maximum absolute atomic E-state index is 12.9. The third-order valence-electron chi connectivity index (χ3n) is 4.13. The first-order valence-electron chi connectivity index (χ1n) is 7.59. The minimum atomic E-state index is -3.96. The summed E-state index contributed by atoms with van der Waals surface area (Å²) in [7, 11) is -2.79. The lowest BCUT2D eigenvalue weighted by Gasteiger charge is -2.22. The number of amides is 2. The maximum atomic E-state index is 12.9. The second-order valence-electron chi connectivity index (χ2n) is 5.68. The number of hydrogen-bond acceptors (Lipinski definition) is 7. The smallest absolute Gasteiger partial charge is 0.349 e. The van der Waals surface area contributed by atoms with Gasteiger partial charge in [-0.15, -0.1) is 11.3 Å². The molecule has 26 heavy (non-hydrogen) atoms. The van der Waals surface area contributed by atoms with Crippen LogP contribution in [0, 0.1) is 0 Å². The number of sulfone groups is 1. The van der Waals surface area contributed by atoms with Gasteiger partial charge in [-0.05, 0) is 23.1 Å². The molecule has 2 aromatic rings. The van der Waals surface area contributed by atoms with Gasteiger partial charge in [0.15, 0.2) is 9.84 Å². The van der Waals surface area contributed by atoms with Crippen LogP contribution in [0.25, 0.3) is 0 Å². The summed E-state index contributed by atoms with van der Waals surface area (Å²) in [6.45, 7) is 1.22. The van der Waals surface area contributed by atoms with Crippen LogP contribution in [0.3, 0.4) is 0 Å². The van der Waals surface area contributed by atoms with E-state index in [1.165, 1.54) is 25.5 Å². The van der Waals surface area contributed by atoms with Crippen LogP contribution in [-0.4, -0.2) is 44.0 Å². The molecule has 0 radical (unpaired) electrons. The standard InChI is InChI=1S/C17H15NO6S2/c1-10(19)18-13(11-5-3-4-6-12(11)16(18)20)9-26(22,23)14-7-8-25-15(14)17(21)24-2/h3-8,13H,9H2,1-2H3/t13-/m0/s1. The van der Waals surface area contributed by atoms with E-state index in [9.17, 15) is 22.8 Å². The molecule has 0 N–H and O–H groups in total. The molecule has 0 fully saturated rings. The zero-order chi connectivity index (χ0) is 19.1. The quantitative estimate of drug-likeness (QED) is 0.738. The number of hydrogen-bond donors (Lipinski definition) is 0. The van der Waals surface area contributed by atoms with Crippen molar-refractivity contribution in [2.75, 3.05) is 12.9 Å². The van der Waals surface area contributed by atoms with Crippen LogP contribution < -0.4 is 0 Å². The van der Waals surface area contributed by atoms with E-state index in [1.807, 2.05) is 0 Å². The molecular formula is C17H15NO6S2. The van der Waals surface area contributed by atoms with Gasteiger partial charge >= 0.3 is 5.97 Å². The van der Waals surface area contributed by atoms with Crippen molar-refractivity contribution in [1.82, 2.24) is 4.90 Å². The normalized spacial score (nSPS) is 16.5. The molecule has 1 aliphatic rings. The summed E-state index contributed by atoms with van der Waals surface area (Å²) < 4.78 is 30.5. The van der Waals surface area contributed by atoms with Crippen LogP contribution in [0.5, 0.6) is 0 Å². The summed E-state index contributed by atoms with van der Waals surface area (Å²) in [5.41, 5.74) is 0.785. The van der Waals surface area contributed by atoms with E-state index in [2.05, 4.69) is 4.74 Å². The molecule has 3 rings (SSSR count). The molecule has 2 amide bonds. The Morgan fingerprint density at radius 1 is 1.23 bits per heavy atom. The number of esters is 1. The fourth-order valence-electron chi connectivity index (χ4n) is 3.00. The largest absolute Gasteiger partial charge is 0.465 e. The average molecular weight is 393 g/mol. The number of carbonyl (C=O) groups is 3. The molecule has 0 saturated heterocycles. The van der Waals surface area contributed by atoms with Gasteiger partial charge in [0.05, 0.1) is 23.8 Å². The van der Waals surface area contributed by atoms with Crippen LogP contribution in [0.15, 0.2) is 40.6 Å². The Morgan fingerprint density at radius 2 is 1.92 bits per heavy atom. The highest BCUT2D eigenvalue weighted by molar-refractivity contribution is 7.91. The minimum Gasteiger partial charge on any atom is -0.465 e. The summed E-state index contributed by atoms with van der Waals surface area (Å²) in [6.07, 6.45) is 0. The van der Waals surface area contributed by atoms with E-state index in [0.717, 1.165) is 16.2 Å². The predicted molar refractivity (Wildman–Crippen MR) is 93.7 cm³/mol. The molecule has 1 aliphatic heterocycles. The number of rotatable bonds is 4. The molecule has 0 bridgehead atoms. The van der Waals surface area contributed by atoms with Gasteiger partial charge in [0.25, 0.3) is 5.91 Å². The Kier molecular flexibility index (Phi) is 4.68. The first-order chi connectivity index (χ1) is 12.3. The molecule has 9 heteroatoms. The molecular weight excluding hydrogens is 378 g/mol. The number of imide groups is 1. The summed E-state index contributed by atoms with van der Waals surface area (Å²) in [6, 6.07) is 6.91. The second kappa shape index (κ2) is 6.65. The van der Waals surface area contributed by atoms with Gasteiger partial charge in [0.2, 0.25) is 5.91 Å². The summed E-state index contributed by atoms with van der Waals surface area (Å²) in [5.74, 6) is -2.31. The molecule has 7 nitrogen and oxygen atoms in total. The van der Waals surface area contributed by atoms with Crippen molar-refractivity contribution in [3.8, 4) is 0 Å². The van der Waals surface area contributed by atoms with Crippen LogP contribution in [0.4, 0.5) is 0 Å². The van der Waals surface area contributed by atoms with Gasteiger partial charge < -0.3 is 4.74 Å². The van der Waals surface area contributed by atoms with Crippen molar-refractivity contribution < 1.29 is 27.5 Å². The Hall–Kier alpha value is -2.52. The Morgan fingerprint density at radius 3 is 2.58 bits per heavy atom. The highest BCUT2D eigenvalue weighted by Gasteiger charge is 2.42. The van der Waals surface area contributed by atoms with Crippen molar-refractivity contribution in [3.63, 3.8) is 0 Å². The lowest BCUT2D eigenvalue weighted by Crippen LogP contribution is -2.36. The minimum absolute atomic E-state index is 0.0283. The Labute approximate surface area is 154 Å². The first-order valence-corrected chi connectivity index (χ1v) is 10.1. The third-order valence-corrected chi connectivity index (χ3v) is 6.92. The van der Waals surface area contributed by atoms with Gasteiger partial charge in [0.1, 0.15) is 4.88 Å². The highest BCUT2D eigenvalue weighted by Crippen LogP contribution is 2.36. The zero-order valence-electron chi connectivity index (χ0n) is 14.0. The maximum Gasteiger partial charge on any atom is 0.349 e. The van der Waals surface area contributed by atoms with Crippen LogP contribution in [0.2, 0.25) is 0 Å². The van der Waals surface area contributed by atoms with E-state index in [4.69, 9.17) is 0 Å². The fourth-order valence-corrected chi connectivity index (χ4v) is 5.88. The number of carbonyl (C=O) groups excluding carboxylic acids is 3. The van der Waals surface area contributed by atoms with Crippen LogP contribution in [-0.2, 0) is 19.4 Å². The number of fused-ring (bicyclic) bond motifs is 1. The van der Waals surface area contributed by atoms with E-state index in [0.29, 0.717) is 11.1 Å². The number of ether oxygens (including phenoxy) is 1. The van der Waals surface area contributed by atoms with Crippen molar-refractivity contribution in [3.05, 3.63) is 51.7 Å². The molecule has 1 aromatic heterocycles. The Balaban J connectivity index is 2.04. The van der Waals surface area contributed by atoms with Crippen molar-refractivity contribution in [1.29, 1.82) is 0 Å². The van der Waals surface area contributed by atoms with Gasteiger partial charge in [-0.1, -0.05) is 18.2 Å². The molecule has 2 heterocycles. The molecule has 0 unspecified atom stereocenters. The van der Waals surface area contributed by atoms with E-state index < -0.39 is 39.4 Å². The Bertz CT molecular complexity index is 1010. The molecule has 0 spiro atoms. The number of nitrogens with zero attached hydrogens (tertiary/aromatic N) is 1. The SMILES string of the molecule is COC(=O)c1sccc1S(=O)(=O)C[C@H]1c2ccccc2C(=O)N1C(C)=O. The third kappa shape index (κ3) is 2.93. The van der Waals surface area contributed by atoms with Crippen LogP contribution >= 0.6 is 11.3 Å². The first kappa shape index (κ1) is 18.3. The summed E-state index contributed by atoms with van der Waals surface area (Å²) in [4.78, 5) is 37.0. The topological polar surface area (TPSA) is 97.8 Å². The predicted octanol–water partition coefficient (Wildman–Crippen LogP) is 2.05. The van der Waals surface area contributed by atoms with Gasteiger partial charge in [-0.3, -0.25) is 14.5 Å². The summed E-state index contributed by atoms with van der Waals surface area (Å²) >= 11 is 0.959. The van der Waals surface area contributed by atoms with Gasteiger partial charge in [0, 0.05) is 12.5 Å². The second-order valence-corrected chi connectivity index (χ2v) is 8.60.